The number of hydrogen-bond donors (Lipinski definition) is 1. The third-order valence-electron chi connectivity index (χ3n) is 4.42. The maximum absolute atomic E-state index is 12.4. The highest BCUT2D eigenvalue weighted by atomic mass is 16.5. The van der Waals surface area contributed by atoms with Crippen LogP contribution < -0.4 is 10.1 Å². The van der Waals surface area contributed by atoms with Crippen LogP contribution in [0.2, 0.25) is 0 Å². The second-order valence-corrected chi connectivity index (χ2v) is 6.09. The molecular weight excluding hydrogens is 292 g/mol. The van der Waals surface area contributed by atoms with Crippen molar-refractivity contribution >= 4 is 11.8 Å². The zero-order valence-electron chi connectivity index (χ0n) is 13.8. The van der Waals surface area contributed by atoms with Gasteiger partial charge in [0, 0.05) is 5.56 Å². The number of rotatable bonds is 4. The van der Waals surface area contributed by atoms with Crippen LogP contribution in [0.5, 0.6) is 5.75 Å². The van der Waals surface area contributed by atoms with Crippen LogP contribution in [0.15, 0.2) is 22.7 Å². The third kappa shape index (κ3) is 3.23. The topological polar surface area (TPSA) is 64.4 Å². The molecule has 2 aromatic rings. The van der Waals surface area contributed by atoms with Crippen molar-refractivity contribution in [2.24, 2.45) is 0 Å². The minimum absolute atomic E-state index is 0.226. The van der Waals surface area contributed by atoms with Gasteiger partial charge in [0.1, 0.15) is 5.75 Å². The predicted octanol–water partition coefficient (Wildman–Crippen LogP) is 3.58. The lowest BCUT2D eigenvalue weighted by Crippen LogP contribution is -2.30. The zero-order valence-corrected chi connectivity index (χ0v) is 13.8. The molecule has 0 aliphatic heterocycles. The van der Waals surface area contributed by atoms with Crippen LogP contribution in [-0.4, -0.2) is 17.2 Å². The minimum atomic E-state index is -0.611. The number of nitrogens with zero attached hydrogens (tertiary/aromatic N) is 1. The SMILES string of the molecule is Cc1cccc(OC(C)C(=O)Nc2onc3c2CCCC3)c1C. The minimum Gasteiger partial charge on any atom is -0.481 e. The summed E-state index contributed by atoms with van der Waals surface area (Å²) < 4.78 is 11.1. The van der Waals surface area contributed by atoms with E-state index in [-0.39, 0.29) is 5.91 Å². The summed E-state index contributed by atoms with van der Waals surface area (Å²) in [7, 11) is 0. The number of carbonyl (C=O) groups is 1. The fourth-order valence-corrected chi connectivity index (χ4v) is 2.80. The van der Waals surface area contributed by atoms with E-state index < -0.39 is 6.10 Å². The lowest BCUT2D eigenvalue weighted by atomic mass is 9.98. The Hall–Kier alpha value is -2.30. The molecule has 122 valence electrons. The number of carbonyl (C=O) groups excluding carboxylic acids is 1. The number of fused-ring (bicyclic) bond motifs is 1. The monoisotopic (exact) mass is 314 g/mol. The summed E-state index contributed by atoms with van der Waals surface area (Å²) in [5.41, 5.74) is 4.18. The van der Waals surface area contributed by atoms with Crippen LogP contribution >= 0.6 is 0 Å². The fraction of sp³-hybridized carbons (Fsp3) is 0.444. The Labute approximate surface area is 136 Å². The first-order chi connectivity index (χ1) is 11.1. The van der Waals surface area contributed by atoms with Gasteiger partial charge in [0.05, 0.1) is 5.69 Å². The summed E-state index contributed by atoms with van der Waals surface area (Å²) in [6.07, 6.45) is 3.44. The van der Waals surface area contributed by atoms with Crippen molar-refractivity contribution in [3.05, 3.63) is 40.6 Å². The Morgan fingerprint density at radius 1 is 1.30 bits per heavy atom. The quantitative estimate of drug-likeness (QED) is 0.937. The van der Waals surface area contributed by atoms with Gasteiger partial charge in [-0.3, -0.25) is 10.1 Å². The van der Waals surface area contributed by atoms with Gasteiger partial charge in [0.25, 0.3) is 5.91 Å². The predicted molar refractivity (Wildman–Crippen MR) is 87.8 cm³/mol. The Morgan fingerprint density at radius 2 is 2.09 bits per heavy atom. The molecule has 0 bridgehead atoms. The molecule has 5 nitrogen and oxygen atoms in total. The summed E-state index contributed by atoms with van der Waals surface area (Å²) >= 11 is 0. The van der Waals surface area contributed by atoms with Gasteiger partial charge in [-0.25, -0.2) is 0 Å². The summed E-state index contributed by atoms with van der Waals surface area (Å²) in [6, 6.07) is 5.82. The van der Waals surface area contributed by atoms with E-state index in [9.17, 15) is 4.79 Å². The number of anilines is 1. The molecule has 1 aromatic carbocycles. The normalized spacial score (nSPS) is 14.9. The van der Waals surface area contributed by atoms with E-state index in [1.165, 1.54) is 0 Å². The zero-order chi connectivity index (χ0) is 16.4. The molecule has 1 N–H and O–H groups in total. The lowest BCUT2D eigenvalue weighted by Gasteiger charge is -2.17. The molecule has 1 atom stereocenters. The maximum atomic E-state index is 12.4. The second-order valence-electron chi connectivity index (χ2n) is 6.09. The van der Waals surface area contributed by atoms with E-state index in [1.807, 2.05) is 32.0 Å². The maximum Gasteiger partial charge on any atom is 0.267 e. The van der Waals surface area contributed by atoms with Crippen LogP contribution in [0.25, 0.3) is 0 Å². The Balaban J connectivity index is 1.68. The Morgan fingerprint density at radius 3 is 2.91 bits per heavy atom. The molecule has 0 radical (unpaired) electrons. The van der Waals surface area contributed by atoms with Crippen LogP contribution in [-0.2, 0) is 17.6 Å². The number of benzene rings is 1. The van der Waals surface area contributed by atoms with Gasteiger partial charge in [-0.15, -0.1) is 0 Å². The molecule has 0 fully saturated rings. The fourth-order valence-electron chi connectivity index (χ4n) is 2.80. The molecule has 3 rings (SSSR count). The van der Waals surface area contributed by atoms with Gasteiger partial charge in [-0.2, -0.15) is 0 Å². The summed E-state index contributed by atoms with van der Waals surface area (Å²) in [4.78, 5) is 12.4. The molecule has 0 saturated heterocycles. The summed E-state index contributed by atoms with van der Waals surface area (Å²) in [5, 5.41) is 6.86. The number of aryl methyl sites for hydroxylation is 2. The van der Waals surface area contributed by atoms with E-state index in [0.717, 1.165) is 53.8 Å². The Bertz CT molecular complexity index is 721. The molecular formula is C18H22N2O3. The van der Waals surface area contributed by atoms with Gasteiger partial charge in [0.2, 0.25) is 5.88 Å². The van der Waals surface area contributed by atoms with Crippen LogP contribution in [0.3, 0.4) is 0 Å². The first-order valence-electron chi connectivity index (χ1n) is 8.07. The van der Waals surface area contributed by atoms with E-state index in [2.05, 4.69) is 10.5 Å². The molecule has 0 spiro atoms. The average molecular weight is 314 g/mol. The van der Waals surface area contributed by atoms with Crippen molar-refractivity contribution in [3.8, 4) is 5.75 Å². The number of hydrogen-bond acceptors (Lipinski definition) is 4. The van der Waals surface area contributed by atoms with Crippen molar-refractivity contribution in [3.63, 3.8) is 0 Å². The molecule has 1 aliphatic rings. The third-order valence-corrected chi connectivity index (χ3v) is 4.42. The number of ether oxygens (including phenoxy) is 1. The molecule has 1 amide bonds. The highest BCUT2D eigenvalue weighted by molar-refractivity contribution is 5.93. The van der Waals surface area contributed by atoms with Crippen molar-refractivity contribution in [2.45, 2.75) is 52.6 Å². The largest absolute Gasteiger partial charge is 0.481 e. The van der Waals surface area contributed by atoms with Crippen LogP contribution in [0.4, 0.5) is 5.88 Å². The van der Waals surface area contributed by atoms with Gasteiger partial charge < -0.3 is 9.26 Å². The smallest absolute Gasteiger partial charge is 0.267 e. The van der Waals surface area contributed by atoms with Crippen LogP contribution in [0.1, 0.15) is 42.1 Å². The number of amides is 1. The molecule has 0 saturated carbocycles. The van der Waals surface area contributed by atoms with Crippen molar-refractivity contribution in [1.29, 1.82) is 0 Å². The van der Waals surface area contributed by atoms with E-state index in [4.69, 9.17) is 9.26 Å². The molecule has 1 aromatic heterocycles. The molecule has 23 heavy (non-hydrogen) atoms. The van der Waals surface area contributed by atoms with Crippen molar-refractivity contribution in [1.82, 2.24) is 5.16 Å². The summed E-state index contributed by atoms with van der Waals surface area (Å²) in [5.74, 6) is 0.976. The standard InChI is InChI=1S/C18H22N2O3/c1-11-7-6-10-16(12(11)2)22-13(3)17(21)19-18-14-8-4-5-9-15(14)20-23-18/h6-7,10,13H,4-5,8-9H2,1-3H3,(H,19,21). The van der Waals surface area contributed by atoms with Crippen LogP contribution in [0, 0.1) is 13.8 Å². The number of aromatic nitrogens is 1. The molecule has 5 heteroatoms. The van der Waals surface area contributed by atoms with Gasteiger partial charge >= 0.3 is 0 Å². The van der Waals surface area contributed by atoms with Gasteiger partial charge in [-0.1, -0.05) is 17.3 Å². The van der Waals surface area contributed by atoms with E-state index in [0.29, 0.717) is 5.88 Å². The second kappa shape index (κ2) is 6.44. The molecule has 1 heterocycles. The molecule has 1 unspecified atom stereocenters. The lowest BCUT2D eigenvalue weighted by molar-refractivity contribution is -0.122. The van der Waals surface area contributed by atoms with E-state index in [1.54, 1.807) is 6.92 Å². The Kier molecular flexibility index (Phi) is 4.37. The summed E-state index contributed by atoms with van der Waals surface area (Å²) in [6.45, 7) is 5.75. The van der Waals surface area contributed by atoms with Crippen molar-refractivity contribution < 1.29 is 14.1 Å². The van der Waals surface area contributed by atoms with Crippen molar-refractivity contribution in [2.75, 3.05) is 5.32 Å². The van der Waals surface area contributed by atoms with E-state index >= 15 is 0 Å². The number of nitrogens with one attached hydrogen (secondary N) is 1. The average Bonchev–Trinajstić information content (AvgIpc) is 2.95. The molecule has 1 aliphatic carbocycles. The van der Waals surface area contributed by atoms with Gasteiger partial charge in [-0.05, 0) is 63.6 Å². The first kappa shape index (κ1) is 15.6. The highest BCUT2D eigenvalue weighted by Gasteiger charge is 2.23. The first-order valence-corrected chi connectivity index (χ1v) is 8.07. The van der Waals surface area contributed by atoms with Gasteiger partial charge in [0.15, 0.2) is 6.10 Å². The highest BCUT2D eigenvalue weighted by Crippen LogP contribution is 2.28.